The summed E-state index contributed by atoms with van der Waals surface area (Å²) in [5, 5.41) is 10.7. The number of aromatic nitrogens is 2. The zero-order chi connectivity index (χ0) is 19.1. The van der Waals surface area contributed by atoms with Crippen LogP contribution in [0.5, 0.6) is 5.88 Å². The molecular formula is C19H11Br2N3O3. The molecule has 1 aromatic heterocycles. The highest BCUT2D eigenvalue weighted by molar-refractivity contribution is 9.10. The van der Waals surface area contributed by atoms with Gasteiger partial charge in [0.05, 0.1) is 11.4 Å². The molecule has 0 unspecified atom stereocenters. The van der Waals surface area contributed by atoms with Gasteiger partial charge in [-0.2, -0.15) is 0 Å². The fourth-order valence-electron chi connectivity index (χ4n) is 2.83. The molecule has 27 heavy (non-hydrogen) atoms. The zero-order valence-corrected chi connectivity index (χ0v) is 16.8. The predicted molar refractivity (Wildman–Crippen MR) is 112 cm³/mol. The van der Waals surface area contributed by atoms with Crippen LogP contribution < -0.4 is 11.2 Å². The first kappa shape index (κ1) is 17.7. The van der Waals surface area contributed by atoms with Gasteiger partial charge in [0.2, 0.25) is 5.88 Å². The molecule has 0 radical (unpaired) electrons. The second-order valence-corrected chi connectivity index (χ2v) is 7.66. The quantitative estimate of drug-likeness (QED) is 0.571. The molecular weight excluding hydrogens is 478 g/mol. The summed E-state index contributed by atoms with van der Waals surface area (Å²) in [4.78, 5) is 31.1. The SMILES string of the molecule is O=c1[nH]c(=O)n(-c2ccc(Br)cc2)c(O)c1C=C1C=Nc2ccc(Br)cc21. The molecule has 0 aliphatic carbocycles. The lowest BCUT2D eigenvalue weighted by atomic mass is 10.1. The molecule has 0 amide bonds. The summed E-state index contributed by atoms with van der Waals surface area (Å²) in [6.07, 6.45) is 3.13. The number of aromatic amines is 1. The summed E-state index contributed by atoms with van der Waals surface area (Å²) in [5.41, 5.74) is 1.27. The van der Waals surface area contributed by atoms with Gasteiger partial charge in [0.15, 0.2) is 0 Å². The number of halogens is 2. The van der Waals surface area contributed by atoms with Crippen LogP contribution in [0.15, 0.2) is 66.0 Å². The Labute approximate surface area is 169 Å². The topological polar surface area (TPSA) is 87.5 Å². The molecule has 134 valence electrons. The molecule has 2 N–H and O–H groups in total. The van der Waals surface area contributed by atoms with Crippen LogP contribution in [0.4, 0.5) is 5.69 Å². The minimum absolute atomic E-state index is 0.0215. The summed E-state index contributed by atoms with van der Waals surface area (Å²) in [6.45, 7) is 0. The van der Waals surface area contributed by atoms with E-state index in [9.17, 15) is 14.7 Å². The maximum atomic E-state index is 12.3. The first-order valence-corrected chi connectivity index (χ1v) is 9.42. The number of fused-ring (bicyclic) bond motifs is 1. The van der Waals surface area contributed by atoms with E-state index in [1.165, 1.54) is 6.08 Å². The van der Waals surface area contributed by atoms with Crippen molar-refractivity contribution in [3.63, 3.8) is 0 Å². The van der Waals surface area contributed by atoms with E-state index in [4.69, 9.17) is 0 Å². The Bertz CT molecular complexity index is 1240. The van der Waals surface area contributed by atoms with Gasteiger partial charge in [-0.25, -0.2) is 9.36 Å². The molecule has 1 aliphatic heterocycles. The van der Waals surface area contributed by atoms with Gasteiger partial charge in [-0.1, -0.05) is 31.9 Å². The number of hydrogen-bond donors (Lipinski definition) is 2. The fraction of sp³-hybridized carbons (Fsp3) is 0. The monoisotopic (exact) mass is 487 g/mol. The zero-order valence-electron chi connectivity index (χ0n) is 13.6. The molecule has 8 heteroatoms. The Morgan fingerprint density at radius 1 is 1.04 bits per heavy atom. The Kier molecular flexibility index (Phi) is 4.45. The first-order valence-electron chi connectivity index (χ1n) is 7.84. The minimum Gasteiger partial charge on any atom is -0.494 e. The van der Waals surface area contributed by atoms with Crippen LogP contribution in [0.1, 0.15) is 11.1 Å². The molecule has 6 nitrogen and oxygen atoms in total. The van der Waals surface area contributed by atoms with E-state index in [2.05, 4.69) is 41.8 Å². The number of aliphatic imine (C=N–C) groups is 1. The van der Waals surface area contributed by atoms with Gasteiger partial charge in [0.1, 0.15) is 5.56 Å². The van der Waals surface area contributed by atoms with Crippen LogP contribution in [0.3, 0.4) is 0 Å². The van der Waals surface area contributed by atoms with Crippen molar-refractivity contribution in [3.05, 3.63) is 83.4 Å². The number of allylic oxidation sites excluding steroid dienone is 1. The van der Waals surface area contributed by atoms with Crippen molar-refractivity contribution in [1.29, 1.82) is 0 Å². The molecule has 0 spiro atoms. The van der Waals surface area contributed by atoms with Crippen molar-refractivity contribution >= 4 is 55.4 Å². The third kappa shape index (κ3) is 3.22. The average molecular weight is 489 g/mol. The highest BCUT2D eigenvalue weighted by atomic mass is 79.9. The molecule has 0 fully saturated rings. The number of aromatic hydroxyl groups is 1. The molecule has 0 atom stereocenters. The predicted octanol–water partition coefficient (Wildman–Crippen LogP) is 4.01. The summed E-state index contributed by atoms with van der Waals surface area (Å²) in [7, 11) is 0. The maximum Gasteiger partial charge on any atom is 0.335 e. The lowest BCUT2D eigenvalue weighted by Crippen LogP contribution is -2.30. The van der Waals surface area contributed by atoms with Gasteiger partial charge >= 0.3 is 5.69 Å². The summed E-state index contributed by atoms with van der Waals surface area (Å²) in [5.74, 6) is -0.435. The van der Waals surface area contributed by atoms with Crippen LogP contribution in [-0.4, -0.2) is 20.9 Å². The third-order valence-corrected chi connectivity index (χ3v) is 5.14. The van der Waals surface area contributed by atoms with Crippen molar-refractivity contribution in [2.24, 2.45) is 4.99 Å². The molecule has 0 saturated carbocycles. The number of rotatable bonds is 2. The maximum absolute atomic E-state index is 12.3. The number of nitrogens with zero attached hydrogens (tertiary/aromatic N) is 2. The normalized spacial score (nSPS) is 13.9. The lowest BCUT2D eigenvalue weighted by molar-refractivity contribution is 0.429. The van der Waals surface area contributed by atoms with Gasteiger partial charge < -0.3 is 5.11 Å². The standard InChI is InChI=1S/C19H11Br2N3O3/c20-11-1-4-13(5-2-11)24-18(26)15(17(25)23-19(24)27)7-10-9-22-16-6-3-12(21)8-14(10)16/h1-9,26H,(H,23,25,27). The minimum atomic E-state index is -0.717. The second-order valence-electron chi connectivity index (χ2n) is 5.83. The van der Waals surface area contributed by atoms with E-state index in [-0.39, 0.29) is 5.56 Å². The number of nitrogens with one attached hydrogen (secondary N) is 1. The van der Waals surface area contributed by atoms with Gasteiger partial charge in [0, 0.05) is 26.3 Å². The number of H-pyrrole nitrogens is 1. The van der Waals surface area contributed by atoms with E-state index < -0.39 is 17.1 Å². The van der Waals surface area contributed by atoms with Crippen LogP contribution in [0.25, 0.3) is 17.3 Å². The Balaban J connectivity index is 1.91. The second kappa shape index (κ2) is 6.79. The first-order chi connectivity index (χ1) is 12.9. The highest BCUT2D eigenvalue weighted by Gasteiger charge is 2.18. The molecule has 2 aromatic carbocycles. The smallest absolute Gasteiger partial charge is 0.335 e. The molecule has 2 heterocycles. The molecule has 4 rings (SSSR count). The van der Waals surface area contributed by atoms with E-state index in [0.717, 1.165) is 24.8 Å². The van der Waals surface area contributed by atoms with Gasteiger partial charge in [-0.15, -0.1) is 0 Å². The Morgan fingerprint density at radius 3 is 2.48 bits per heavy atom. The molecule has 0 bridgehead atoms. The van der Waals surface area contributed by atoms with E-state index in [0.29, 0.717) is 11.3 Å². The third-order valence-electron chi connectivity index (χ3n) is 4.12. The van der Waals surface area contributed by atoms with Crippen molar-refractivity contribution in [2.75, 3.05) is 0 Å². The average Bonchev–Trinajstić information content (AvgIpc) is 3.02. The molecule has 3 aromatic rings. The number of benzene rings is 2. The molecule has 1 aliphatic rings. The number of hydrogen-bond acceptors (Lipinski definition) is 4. The largest absolute Gasteiger partial charge is 0.494 e. The van der Waals surface area contributed by atoms with Crippen molar-refractivity contribution < 1.29 is 5.11 Å². The van der Waals surface area contributed by atoms with E-state index >= 15 is 0 Å². The summed E-state index contributed by atoms with van der Waals surface area (Å²) < 4.78 is 2.75. The summed E-state index contributed by atoms with van der Waals surface area (Å²) >= 11 is 6.74. The van der Waals surface area contributed by atoms with E-state index in [1.807, 2.05) is 18.2 Å². The fourth-order valence-corrected chi connectivity index (χ4v) is 3.45. The van der Waals surface area contributed by atoms with Crippen molar-refractivity contribution in [2.45, 2.75) is 0 Å². The lowest BCUT2D eigenvalue weighted by Gasteiger charge is -2.10. The van der Waals surface area contributed by atoms with Gasteiger partial charge in [-0.3, -0.25) is 14.8 Å². The molecule has 0 saturated heterocycles. The van der Waals surface area contributed by atoms with E-state index in [1.54, 1.807) is 30.5 Å². The van der Waals surface area contributed by atoms with Gasteiger partial charge in [0.25, 0.3) is 5.56 Å². The van der Waals surface area contributed by atoms with Crippen LogP contribution >= 0.6 is 31.9 Å². The van der Waals surface area contributed by atoms with Crippen molar-refractivity contribution in [3.8, 4) is 11.6 Å². The van der Waals surface area contributed by atoms with Crippen LogP contribution in [0, 0.1) is 0 Å². The van der Waals surface area contributed by atoms with Crippen LogP contribution in [-0.2, 0) is 0 Å². The van der Waals surface area contributed by atoms with Crippen LogP contribution in [0.2, 0.25) is 0 Å². The Hall–Kier alpha value is -2.71. The van der Waals surface area contributed by atoms with Crippen molar-refractivity contribution in [1.82, 2.24) is 9.55 Å². The summed E-state index contributed by atoms with van der Waals surface area (Å²) in [6, 6.07) is 12.4. The van der Waals surface area contributed by atoms with Gasteiger partial charge in [-0.05, 0) is 48.5 Å². The Morgan fingerprint density at radius 2 is 1.74 bits per heavy atom. The highest BCUT2D eigenvalue weighted by Crippen LogP contribution is 2.35.